The van der Waals surface area contributed by atoms with E-state index in [4.69, 9.17) is 0 Å². The van der Waals surface area contributed by atoms with E-state index in [1.807, 2.05) is 11.3 Å². The summed E-state index contributed by atoms with van der Waals surface area (Å²) in [5.74, 6) is 0. The molecule has 0 saturated carbocycles. The maximum Gasteiger partial charge on any atom is 0.0232 e. The second-order valence-corrected chi connectivity index (χ2v) is 7.52. The summed E-state index contributed by atoms with van der Waals surface area (Å²) in [5, 5.41) is 0. The standard InChI is InChI=1S/C20H26N2S/c1-5-15-11-21-19(13(15)3)9-17-7-8-18(23-17)10-20-14(4)16(6-2)12-22-20/h7-8,11-12,21-22H,5-6,9-10H2,1-4H3. The SMILES string of the molecule is CCc1c[nH]c(Cc2ccc(Cc3[nH]cc(CC)c3C)s2)c1C. The van der Waals surface area contributed by atoms with Gasteiger partial charge in [0.15, 0.2) is 0 Å². The highest BCUT2D eigenvalue weighted by Crippen LogP contribution is 2.25. The van der Waals surface area contributed by atoms with Crippen molar-refractivity contribution in [2.24, 2.45) is 0 Å². The van der Waals surface area contributed by atoms with Crippen LogP contribution >= 0.6 is 11.3 Å². The maximum absolute atomic E-state index is 3.45. The highest BCUT2D eigenvalue weighted by Gasteiger charge is 2.10. The number of aromatic nitrogens is 2. The van der Waals surface area contributed by atoms with Gasteiger partial charge in [0, 0.05) is 46.4 Å². The van der Waals surface area contributed by atoms with Crippen molar-refractivity contribution in [1.82, 2.24) is 9.97 Å². The summed E-state index contributed by atoms with van der Waals surface area (Å²) in [6, 6.07) is 4.57. The van der Waals surface area contributed by atoms with Crippen molar-refractivity contribution in [3.63, 3.8) is 0 Å². The molecule has 0 aliphatic heterocycles. The van der Waals surface area contributed by atoms with Gasteiger partial charge in [0.05, 0.1) is 0 Å². The lowest BCUT2D eigenvalue weighted by atomic mass is 10.1. The lowest BCUT2D eigenvalue weighted by molar-refractivity contribution is 1.10. The molecule has 2 nitrogen and oxygen atoms in total. The molecule has 122 valence electrons. The van der Waals surface area contributed by atoms with Crippen molar-refractivity contribution in [2.75, 3.05) is 0 Å². The number of nitrogens with one attached hydrogen (secondary N) is 2. The van der Waals surface area contributed by atoms with Crippen molar-refractivity contribution in [3.05, 3.63) is 67.9 Å². The molecule has 3 aromatic heterocycles. The van der Waals surface area contributed by atoms with Crippen LogP contribution in [0.15, 0.2) is 24.5 Å². The van der Waals surface area contributed by atoms with Crippen LogP contribution in [0.25, 0.3) is 0 Å². The van der Waals surface area contributed by atoms with Crippen molar-refractivity contribution < 1.29 is 0 Å². The molecule has 0 saturated heterocycles. The van der Waals surface area contributed by atoms with Gasteiger partial charge in [0.25, 0.3) is 0 Å². The minimum absolute atomic E-state index is 1.01. The minimum Gasteiger partial charge on any atom is -0.364 e. The zero-order chi connectivity index (χ0) is 16.4. The fraction of sp³-hybridized carbons (Fsp3) is 0.400. The highest BCUT2D eigenvalue weighted by molar-refractivity contribution is 7.12. The normalized spacial score (nSPS) is 11.3. The fourth-order valence-corrected chi connectivity index (χ4v) is 4.27. The summed E-state index contributed by atoms with van der Waals surface area (Å²) in [6.45, 7) is 8.89. The first-order valence-corrected chi connectivity index (χ1v) is 9.33. The quantitative estimate of drug-likeness (QED) is 0.614. The van der Waals surface area contributed by atoms with E-state index in [0.29, 0.717) is 0 Å². The third-order valence-corrected chi connectivity index (χ3v) is 5.98. The van der Waals surface area contributed by atoms with Gasteiger partial charge in [-0.25, -0.2) is 0 Å². The molecular weight excluding hydrogens is 300 g/mol. The first-order chi connectivity index (χ1) is 11.1. The maximum atomic E-state index is 3.45. The molecule has 3 heterocycles. The van der Waals surface area contributed by atoms with Gasteiger partial charge >= 0.3 is 0 Å². The first kappa shape index (κ1) is 16.1. The molecule has 0 bridgehead atoms. The summed E-state index contributed by atoms with van der Waals surface area (Å²) >= 11 is 1.93. The number of hydrogen-bond donors (Lipinski definition) is 2. The monoisotopic (exact) mass is 326 g/mol. The Hall–Kier alpha value is -1.74. The number of rotatable bonds is 6. The Morgan fingerprint density at radius 2 is 1.22 bits per heavy atom. The summed E-state index contributed by atoms with van der Waals surface area (Å²) in [4.78, 5) is 9.78. The largest absolute Gasteiger partial charge is 0.364 e. The van der Waals surface area contributed by atoms with E-state index in [9.17, 15) is 0 Å². The predicted molar refractivity (Wildman–Crippen MR) is 99.7 cm³/mol. The van der Waals surface area contributed by atoms with Crippen LogP contribution in [0.3, 0.4) is 0 Å². The lowest BCUT2D eigenvalue weighted by Crippen LogP contribution is -1.89. The molecule has 0 aliphatic carbocycles. The van der Waals surface area contributed by atoms with Crippen LogP contribution in [0.5, 0.6) is 0 Å². The van der Waals surface area contributed by atoms with Crippen molar-refractivity contribution in [3.8, 4) is 0 Å². The second-order valence-electron chi connectivity index (χ2n) is 6.26. The second kappa shape index (κ2) is 6.79. The summed E-state index contributed by atoms with van der Waals surface area (Å²) in [6.07, 6.45) is 8.55. The molecular formula is C20H26N2S. The van der Waals surface area contributed by atoms with Gasteiger partial charge in [-0.15, -0.1) is 11.3 Å². The van der Waals surface area contributed by atoms with Crippen LogP contribution in [0, 0.1) is 13.8 Å². The average molecular weight is 327 g/mol. The third kappa shape index (κ3) is 3.30. The molecule has 0 radical (unpaired) electrons. The Balaban J connectivity index is 1.72. The van der Waals surface area contributed by atoms with E-state index >= 15 is 0 Å². The van der Waals surface area contributed by atoms with E-state index in [1.165, 1.54) is 43.4 Å². The van der Waals surface area contributed by atoms with Gasteiger partial charge in [0.1, 0.15) is 0 Å². The fourth-order valence-electron chi connectivity index (χ4n) is 3.23. The van der Waals surface area contributed by atoms with Gasteiger partial charge in [-0.05, 0) is 61.1 Å². The average Bonchev–Trinajstić information content (AvgIpc) is 3.23. The number of thiophene rings is 1. The van der Waals surface area contributed by atoms with E-state index in [-0.39, 0.29) is 0 Å². The van der Waals surface area contributed by atoms with E-state index in [1.54, 1.807) is 0 Å². The Kier molecular flexibility index (Phi) is 4.76. The third-order valence-electron chi connectivity index (χ3n) is 4.89. The molecule has 3 heteroatoms. The summed E-state index contributed by atoms with van der Waals surface area (Å²) < 4.78 is 0. The Morgan fingerprint density at radius 1 is 0.783 bits per heavy atom. The topological polar surface area (TPSA) is 31.6 Å². The molecule has 0 fully saturated rings. The molecule has 2 N–H and O–H groups in total. The summed E-state index contributed by atoms with van der Waals surface area (Å²) in [5.41, 5.74) is 8.45. The molecule has 0 unspecified atom stereocenters. The zero-order valence-electron chi connectivity index (χ0n) is 14.5. The zero-order valence-corrected chi connectivity index (χ0v) is 15.4. The van der Waals surface area contributed by atoms with Crippen LogP contribution in [-0.4, -0.2) is 9.97 Å². The van der Waals surface area contributed by atoms with Gasteiger partial charge in [-0.3, -0.25) is 0 Å². The van der Waals surface area contributed by atoms with Crippen LogP contribution < -0.4 is 0 Å². The number of hydrogen-bond acceptors (Lipinski definition) is 1. The van der Waals surface area contributed by atoms with E-state index in [2.05, 4.69) is 62.2 Å². The van der Waals surface area contributed by atoms with Crippen molar-refractivity contribution >= 4 is 11.3 Å². The van der Waals surface area contributed by atoms with Gasteiger partial charge in [-0.2, -0.15) is 0 Å². The molecule has 0 atom stereocenters. The molecule has 0 aromatic carbocycles. The molecule has 0 aliphatic rings. The van der Waals surface area contributed by atoms with Gasteiger partial charge in [-0.1, -0.05) is 13.8 Å². The van der Waals surface area contributed by atoms with Crippen LogP contribution in [-0.2, 0) is 25.7 Å². The molecule has 3 aromatic rings. The molecule has 0 amide bonds. The predicted octanol–water partition coefficient (Wildman–Crippen LogP) is 5.33. The Labute approximate surface area is 143 Å². The Morgan fingerprint density at radius 3 is 1.57 bits per heavy atom. The lowest BCUT2D eigenvalue weighted by Gasteiger charge is -2.00. The van der Waals surface area contributed by atoms with Crippen LogP contribution in [0.4, 0.5) is 0 Å². The van der Waals surface area contributed by atoms with Crippen LogP contribution in [0.2, 0.25) is 0 Å². The van der Waals surface area contributed by atoms with Crippen molar-refractivity contribution in [2.45, 2.75) is 53.4 Å². The molecule has 0 spiro atoms. The highest BCUT2D eigenvalue weighted by atomic mass is 32.1. The summed E-state index contributed by atoms with van der Waals surface area (Å²) in [7, 11) is 0. The number of aromatic amines is 2. The molecule has 3 rings (SSSR count). The van der Waals surface area contributed by atoms with E-state index < -0.39 is 0 Å². The van der Waals surface area contributed by atoms with Crippen LogP contribution in [0.1, 0.15) is 57.2 Å². The first-order valence-electron chi connectivity index (χ1n) is 8.51. The molecule has 23 heavy (non-hydrogen) atoms. The van der Waals surface area contributed by atoms with Crippen molar-refractivity contribution in [1.29, 1.82) is 0 Å². The smallest absolute Gasteiger partial charge is 0.0232 e. The number of aryl methyl sites for hydroxylation is 2. The van der Waals surface area contributed by atoms with Gasteiger partial charge < -0.3 is 9.97 Å². The minimum atomic E-state index is 1.01. The number of H-pyrrole nitrogens is 2. The Bertz CT molecular complexity index is 724. The van der Waals surface area contributed by atoms with E-state index in [0.717, 1.165) is 25.7 Å². The van der Waals surface area contributed by atoms with Gasteiger partial charge in [0.2, 0.25) is 0 Å².